The van der Waals surface area contributed by atoms with Crippen LogP contribution in [0.1, 0.15) is 36.8 Å². The van der Waals surface area contributed by atoms with Gasteiger partial charge in [0.25, 0.3) is 0 Å². The highest BCUT2D eigenvalue weighted by Crippen LogP contribution is 2.37. The molecule has 1 N–H and O–H groups in total. The molecule has 0 spiro atoms. The highest BCUT2D eigenvalue weighted by atomic mass is 15.2. The van der Waals surface area contributed by atoms with E-state index in [2.05, 4.69) is 34.5 Å². The molecule has 0 saturated heterocycles. The topological polar surface area (TPSA) is 15.3 Å². The smallest absolute Gasteiger partial charge is 0.0243 e. The van der Waals surface area contributed by atoms with Crippen LogP contribution in [0.4, 0.5) is 0 Å². The molecule has 1 aliphatic heterocycles. The van der Waals surface area contributed by atoms with Gasteiger partial charge in [-0.2, -0.15) is 0 Å². The lowest BCUT2D eigenvalue weighted by Gasteiger charge is -2.43. The Labute approximate surface area is 109 Å². The summed E-state index contributed by atoms with van der Waals surface area (Å²) >= 11 is 0. The fraction of sp³-hybridized carbons (Fsp3) is 0.625. The second-order valence-electron chi connectivity index (χ2n) is 6.26. The minimum atomic E-state index is 0.837. The monoisotopic (exact) mass is 242 g/mol. The van der Waals surface area contributed by atoms with E-state index in [-0.39, 0.29) is 0 Å². The average molecular weight is 242 g/mol. The Morgan fingerprint density at radius 2 is 1.72 bits per heavy atom. The van der Waals surface area contributed by atoms with E-state index in [4.69, 9.17) is 0 Å². The summed E-state index contributed by atoms with van der Waals surface area (Å²) in [6.07, 6.45) is 5.65. The third kappa shape index (κ3) is 1.98. The van der Waals surface area contributed by atoms with Crippen LogP contribution in [-0.2, 0) is 13.1 Å². The number of benzene rings is 1. The zero-order valence-corrected chi connectivity index (χ0v) is 10.9. The van der Waals surface area contributed by atoms with Crippen LogP contribution in [0, 0.1) is 5.92 Å². The summed E-state index contributed by atoms with van der Waals surface area (Å²) in [6, 6.07) is 10.6. The lowest BCUT2D eigenvalue weighted by Crippen LogP contribution is -2.48. The molecule has 0 aromatic heterocycles. The summed E-state index contributed by atoms with van der Waals surface area (Å²) in [5.41, 5.74) is 3.11. The third-order valence-corrected chi connectivity index (χ3v) is 4.96. The molecular weight excluding hydrogens is 220 g/mol. The molecule has 18 heavy (non-hydrogen) atoms. The number of rotatable bonds is 4. The van der Waals surface area contributed by atoms with Crippen molar-refractivity contribution < 1.29 is 0 Å². The molecule has 4 rings (SSSR count). The van der Waals surface area contributed by atoms with Gasteiger partial charge in [-0.15, -0.1) is 0 Å². The molecule has 2 saturated carbocycles. The first kappa shape index (κ1) is 11.0. The molecule has 1 aromatic carbocycles. The van der Waals surface area contributed by atoms with E-state index in [9.17, 15) is 0 Å². The van der Waals surface area contributed by atoms with E-state index in [0.29, 0.717) is 0 Å². The maximum absolute atomic E-state index is 3.71. The van der Waals surface area contributed by atoms with Gasteiger partial charge in [-0.1, -0.05) is 24.3 Å². The second-order valence-corrected chi connectivity index (χ2v) is 6.26. The number of nitrogens with one attached hydrogen (secondary N) is 1. The van der Waals surface area contributed by atoms with Gasteiger partial charge in [0.1, 0.15) is 0 Å². The Kier molecular flexibility index (Phi) is 2.66. The largest absolute Gasteiger partial charge is 0.314 e. The Morgan fingerprint density at radius 3 is 2.28 bits per heavy atom. The van der Waals surface area contributed by atoms with Gasteiger partial charge in [0, 0.05) is 25.2 Å². The molecule has 96 valence electrons. The van der Waals surface area contributed by atoms with Gasteiger partial charge >= 0.3 is 0 Å². The van der Waals surface area contributed by atoms with Crippen LogP contribution in [0.15, 0.2) is 24.3 Å². The first-order chi connectivity index (χ1) is 8.90. The van der Waals surface area contributed by atoms with Crippen molar-refractivity contribution in [2.75, 3.05) is 6.54 Å². The van der Waals surface area contributed by atoms with E-state index >= 15 is 0 Å². The van der Waals surface area contributed by atoms with Crippen LogP contribution >= 0.6 is 0 Å². The van der Waals surface area contributed by atoms with E-state index < -0.39 is 0 Å². The fourth-order valence-electron chi connectivity index (χ4n) is 3.47. The Balaban J connectivity index is 1.37. The van der Waals surface area contributed by atoms with E-state index in [1.807, 2.05) is 0 Å². The summed E-state index contributed by atoms with van der Waals surface area (Å²) in [5.74, 6) is 0.903. The van der Waals surface area contributed by atoms with Crippen molar-refractivity contribution in [3.05, 3.63) is 35.4 Å². The highest BCUT2D eigenvalue weighted by molar-refractivity contribution is 5.30. The van der Waals surface area contributed by atoms with E-state index in [1.165, 1.54) is 45.3 Å². The second kappa shape index (κ2) is 4.36. The number of hydrogen-bond donors (Lipinski definition) is 1. The van der Waals surface area contributed by atoms with Crippen molar-refractivity contribution >= 4 is 0 Å². The summed E-state index contributed by atoms with van der Waals surface area (Å²) in [7, 11) is 0. The molecule has 1 heterocycles. The predicted octanol–water partition coefficient (Wildman–Crippen LogP) is 2.53. The van der Waals surface area contributed by atoms with Crippen LogP contribution in [-0.4, -0.2) is 23.5 Å². The average Bonchev–Trinajstić information content (AvgIpc) is 3.06. The molecule has 1 aromatic rings. The summed E-state index contributed by atoms with van der Waals surface area (Å²) < 4.78 is 0. The zero-order chi connectivity index (χ0) is 11.9. The zero-order valence-electron chi connectivity index (χ0n) is 10.9. The third-order valence-electron chi connectivity index (χ3n) is 4.96. The molecule has 2 nitrogen and oxygen atoms in total. The predicted molar refractivity (Wildman–Crippen MR) is 73.2 cm³/mol. The number of hydrogen-bond acceptors (Lipinski definition) is 2. The van der Waals surface area contributed by atoms with Crippen LogP contribution < -0.4 is 5.32 Å². The maximum atomic E-state index is 3.71. The first-order valence-electron chi connectivity index (χ1n) is 7.44. The molecule has 2 fully saturated rings. The van der Waals surface area contributed by atoms with Crippen LogP contribution in [0.2, 0.25) is 0 Å². The normalized spacial score (nSPS) is 31.1. The van der Waals surface area contributed by atoms with Gasteiger partial charge in [-0.3, -0.25) is 4.90 Å². The summed E-state index contributed by atoms with van der Waals surface area (Å²) in [5, 5.41) is 3.71. The number of nitrogens with zero attached hydrogens (tertiary/aromatic N) is 1. The van der Waals surface area contributed by atoms with Gasteiger partial charge < -0.3 is 5.32 Å². The minimum Gasteiger partial charge on any atom is -0.314 e. The van der Waals surface area contributed by atoms with Crippen molar-refractivity contribution in [3.8, 4) is 0 Å². The van der Waals surface area contributed by atoms with Crippen molar-refractivity contribution in [1.29, 1.82) is 0 Å². The molecule has 0 radical (unpaired) electrons. The van der Waals surface area contributed by atoms with Crippen molar-refractivity contribution in [3.63, 3.8) is 0 Å². The first-order valence-corrected chi connectivity index (χ1v) is 7.44. The minimum absolute atomic E-state index is 0.837. The fourth-order valence-corrected chi connectivity index (χ4v) is 3.47. The lowest BCUT2D eigenvalue weighted by molar-refractivity contribution is 0.0590. The molecular formula is C16H22N2. The van der Waals surface area contributed by atoms with Crippen LogP contribution in [0.5, 0.6) is 0 Å². The van der Waals surface area contributed by atoms with Gasteiger partial charge in [0.05, 0.1) is 0 Å². The molecule has 2 atom stereocenters. The van der Waals surface area contributed by atoms with Gasteiger partial charge in [-0.05, 0) is 49.3 Å². The molecule has 0 amide bonds. The Hall–Kier alpha value is -0.860. The molecule has 2 heteroatoms. The van der Waals surface area contributed by atoms with Gasteiger partial charge in [0.2, 0.25) is 0 Å². The highest BCUT2D eigenvalue weighted by Gasteiger charge is 2.38. The van der Waals surface area contributed by atoms with Crippen LogP contribution in [0.3, 0.4) is 0 Å². The standard InChI is InChI=1S/C16H22N2/c1-2-4-14-11-18(10-13(14)3-1)16-8-5-12(16)9-17-15-6-7-15/h1-4,12,15-17H,5-11H2. The Bertz CT molecular complexity index is 413. The van der Waals surface area contributed by atoms with Crippen molar-refractivity contribution in [2.45, 2.75) is 50.9 Å². The SMILES string of the molecule is c1ccc2c(c1)CN(C1CCC1CNC1CC1)C2. The summed E-state index contributed by atoms with van der Waals surface area (Å²) in [4.78, 5) is 2.70. The maximum Gasteiger partial charge on any atom is 0.0243 e. The Morgan fingerprint density at radius 1 is 1.00 bits per heavy atom. The molecule has 0 bridgehead atoms. The summed E-state index contributed by atoms with van der Waals surface area (Å²) in [6.45, 7) is 3.61. The van der Waals surface area contributed by atoms with Gasteiger partial charge in [0.15, 0.2) is 0 Å². The molecule has 2 unspecified atom stereocenters. The molecule has 2 aliphatic carbocycles. The quantitative estimate of drug-likeness (QED) is 0.873. The van der Waals surface area contributed by atoms with Crippen molar-refractivity contribution in [2.24, 2.45) is 5.92 Å². The lowest BCUT2D eigenvalue weighted by atomic mass is 9.78. The van der Waals surface area contributed by atoms with E-state index in [0.717, 1.165) is 18.0 Å². The van der Waals surface area contributed by atoms with E-state index in [1.54, 1.807) is 11.1 Å². The molecule has 3 aliphatic rings. The van der Waals surface area contributed by atoms with Crippen LogP contribution in [0.25, 0.3) is 0 Å². The van der Waals surface area contributed by atoms with Crippen molar-refractivity contribution in [1.82, 2.24) is 10.2 Å². The number of fused-ring (bicyclic) bond motifs is 1. The van der Waals surface area contributed by atoms with Gasteiger partial charge in [-0.25, -0.2) is 0 Å².